The third-order valence-electron chi connectivity index (χ3n) is 1.85. The van der Waals surface area contributed by atoms with Crippen LogP contribution in [0.4, 0.5) is 0 Å². The Morgan fingerprint density at radius 3 is 3.00 bits per heavy atom. The second-order valence-electron chi connectivity index (χ2n) is 2.74. The van der Waals surface area contributed by atoms with Gasteiger partial charge in [-0.15, -0.1) is 12.4 Å². The van der Waals surface area contributed by atoms with Gasteiger partial charge in [-0.2, -0.15) is 0 Å². The molecule has 0 fully saturated rings. The lowest BCUT2D eigenvalue weighted by atomic mass is 10.2. The largest absolute Gasteiger partial charge is 0.481 e. The molecule has 0 bridgehead atoms. The van der Waals surface area contributed by atoms with Gasteiger partial charge in [-0.05, 0) is 12.1 Å². The predicted molar refractivity (Wildman–Crippen MR) is 53.8 cm³/mol. The third-order valence-corrected chi connectivity index (χ3v) is 1.85. The van der Waals surface area contributed by atoms with Gasteiger partial charge in [0.2, 0.25) is 0 Å². The van der Waals surface area contributed by atoms with E-state index in [1.54, 1.807) is 28.9 Å². The maximum atomic E-state index is 10.5. The number of fused-ring (bicyclic) bond motifs is 1. The molecular weight excluding hydrogens is 204 g/mol. The number of pyridine rings is 1. The molecule has 0 unspecified atom stereocenters. The van der Waals surface area contributed by atoms with Crippen LogP contribution in [0.25, 0.3) is 5.65 Å². The number of hydrogen-bond acceptors (Lipinski definition) is 2. The Bertz CT molecular complexity index is 453. The summed E-state index contributed by atoms with van der Waals surface area (Å²) in [6, 6.07) is 5.43. The van der Waals surface area contributed by atoms with Crippen LogP contribution in [0.3, 0.4) is 0 Å². The zero-order valence-corrected chi connectivity index (χ0v) is 8.07. The molecule has 74 valence electrons. The van der Waals surface area contributed by atoms with Gasteiger partial charge in [-0.3, -0.25) is 4.79 Å². The summed E-state index contributed by atoms with van der Waals surface area (Å²) in [5.41, 5.74) is 1.52. The number of imidazole rings is 1. The zero-order chi connectivity index (χ0) is 9.26. The molecule has 0 radical (unpaired) electrons. The van der Waals surface area contributed by atoms with Crippen LogP contribution in [-0.2, 0) is 11.2 Å². The van der Waals surface area contributed by atoms with E-state index in [1.807, 2.05) is 6.07 Å². The number of halogens is 1. The quantitative estimate of drug-likeness (QED) is 0.819. The summed E-state index contributed by atoms with van der Waals surface area (Å²) in [5, 5.41) is 8.63. The SMILES string of the molecule is Cl.O=C(O)Cc1cccc2nccn12. The zero-order valence-electron chi connectivity index (χ0n) is 7.25. The molecule has 0 saturated carbocycles. The highest BCUT2D eigenvalue weighted by Gasteiger charge is 2.04. The molecule has 4 nitrogen and oxygen atoms in total. The molecule has 0 aromatic carbocycles. The minimum absolute atomic E-state index is 0. The molecule has 5 heteroatoms. The number of carboxylic acids is 1. The van der Waals surface area contributed by atoms with E-state index < -0.39 is 5.97 Å². The van der Waals surface area contributed by atoms with Gasteiger partial charge >= 0.3 is 5.97 Å². The van der Waals surface area contributed by atoms with Gasteiger partial charge in [0.05, 0.1) is 6.42 Å². The predicted octanol–water partition coefficient (Wildman–Crippen LogP) is 1.38. The number of hydrogen-bond donors (Lipinski definition) is 1. The average molecular weight is 213 g/mol. The maximum Gasteiger partial charge on any atom is 0.309 e. The Kier molecular flexibility index (Phi) is 3.09. The fraction of sp³-hybridized carbons (Fsp3) is 0.111. The molecule has 2 rings (SSSR count). The first-order valence-electron chi connectivity index (χ1n) is 3.90. The van der Waals surface area contributed by atoms with Gasteiger partial charge in [-0.1, -0.05) is 6.07 Å². The summed E-state index contributed by atoms with van der Waals surface area (Å²) in [6.45, 7) is 0. The lowest BCUT2D eigenvalue weighted by Gasteiger charge is -2.00. The summed E-state index contributed by atoms with van der Waals surface area (Å²) in [4.78, 5) is 14.6. The first-order valence-corrected chi connectivity index (χ1v) is 3.90. The van der Waals surface area contributed by atoms with Crippen molar-refractivity contribution in [2.45, 2.75) is 6.42 Å². The van der Waals surface area contributed by atoms with Crippen LogP contribution in [0.2, 0.25) is 0 Å². The Hall–Kier alpha value is -1.55. The standard InChI is InChI=1S/C9H8N2O2.ClH/c12-9(13)6-7-2-1-3-8-10-4-5-11(7)8;/h1-5H,6H2,(H,12,13);1H. The van der Waals surface area contributed by atoms with Crippen LogP contribution >= 0.6 is 12.4 Å². The normalized spacial score (nSPS) is 9.71. The van der Waals surface area contributed by atoms with Crippen molar-refractivity contribution in [1.82, 2.24) is 9.38 Å². The smallest absolute Gasteiger partial charge is 0.309 e. The van der Waals surface area contributed by atoms with Crippen molar-refractivity contribution in [1.29, 1.82) is 0 Å². The van der Waals surface area contributed by atoms with Crippen LogP contribution in [0.1, 0.15) is 5.69 Å². The monoisotopic (exact) mass is 212 g/mol. The molecule has 0 aliphatic carbocycles. The maximum absolute atomic E-state index is 10.5. The van der Waals surface area contributed by atoms with E-state index in [1.165, 1.54) is 0 Å². The van der Waals surface area contributed by atoms with Crippen LogP contribution in [0.5, 0.6) is 0 Å². The molecule has 1 N–H and O–H groups in total. The van der Waals surface area contributed by atoms with E-state index in [4.69, 9.17) is 5.11 Å². The number of nitrogens with zero attached hydrogens (tertiary/aromatic N) is 2. The van der Waals surface area contributed by atoms with Gasteiger partial charge in [0.15, 0.2) is 0 Å². The molecule has 2 aromatic rings. The number of carboxylic acid groups (broad SMARTS) is 1. The van der Waals surface area contributed by atoms with Gasteiger partial charge < -0.3 is 9.51 Å². The van der Waals surface area contributed by atoms with Crippen molar-refractivity contribution >= 4 is 24.0 Å². The van der Waals surface area contributed by atoms with E-state index in [0.29, 0.717) is 0 Å². The van der Waals surface area contributed by atoms with Crippen LogP contribution in [0.15, 0.2) is 30.6 Å². The van der Waals surface area contributed by atoms with Gasteiger partial charge in [0.1, 0.15) is 5.65 Å². The van der Waals surface area contributed by atoms with Crippen molar-refractivity contribution in [3.05, 3.63) is 36.3 Å². The van der Waals surface area contributed by atoms with E-state index in [-0.39, 0.29) is 18.8 Å². The van der Waals surface area contributed by atoms with Gasteiger partial charge in [0, 0.05) is 18.1 Å². The first kappa shape index (κ1) is 10.5. The van der Waals surface area contributed by atoms with Gasteiger partial charge in [0.25, 0.3) is 0 Å². The van der Waals surface area contributed by atoms with E-state index in [9.17, 15) is 4.79 Å². The topological polar surface area (TPSA) is 54.6 Å². The van der Waals surface area contributed by atoms with Crippen molar-refractivity contribution < 1.29 is 9.90 Å². The molecule has 0 aliphatic heterocycles. The summed E-state index contributed by atoms with van der Waals surface area (Å²) < 4.78 is 1.77. The Morgan fingerprint density at radius 1 is 1.50 bits per heavy atom. The van der Waals surface area contributed by atoms with E-state index in [2.05, 4.69) is 4.98 Å². The number of carbonyl (C=O) groups is 1. The molecule has 0 spiro atoms. The van der Waals surface area contributed by atoms with Crippen LogP contribution < -0.4 is 0 Å². The summed E-state index contributed by atoms with van der Waals surface area (Å²) >= 11 is 0. The fourth-order valence-corrected chi connectivity index (χ4v) is 1.31. The Balaban J connectivity index is 0.000000980. The molecule has 0 atom stereocenters. The molecule has 0 saturated heterocycles. The molecule has 14 heavy (non-hydrogen) atoms. The molecule has 2 aromatic heterocycles. The van der Waals surface area contributed by atoms with Gasteiger partial charge in [-0.25, -0.2) is 4.98 Å². The lowest BCUT2D eigenvalue weighted by Crippen LogP contribution is -2.04. The van der Waals surface area contributed by atoms with Crippen molar-refractivity contribution in [3.8, 4) is 0 Å². The Labute approximate surface area is 86.6 Å². The number of aliphatic carboxylic acids is 1. The minimum Gasteiger partial charge on any atom is -0.481 e. The minimum atomic E-state index is -0.832. The molecule has 2 heterocycles. The fourth-order valence-electron chi connectivity index (χ4n) is 1.31. The highest BCUT2D eigenvalue weighted by atomic mass is 35.5. The number of rotatable bonds is 2. The van der Waals surface area contributed by atoms with Crippen LogP contribution in [-0.4, -0.2) is 20.5 Å². The van der Waals surface area contributed by atoms with E-state index in [0.717, 1.165) is 11.3 Å². The number of aromatic nitrogens is 2. The molecule has 0 amide bonds. The molecule has 0 aliphatic rings. The summed E-state index contributed by atoms with van der Waals surface area (Å²) in [7, 11) is 0. The van der Waals surface area contributed by atoms with Crippen molar-refractivity contribution in [2.24, 2.45) is 0 Å². The molecular formula is C9H9ClN2O2. The highest BCUT2D eigenvalue weighted by Crippen LogP contribution is 2.06. The van der Waals surface area contributed by atoms with Crippen molar-refractivity contribution in [2.75, 3.05) is 0 Å². The second kappa shape index (κ2) is 4.11. The second-order valence-corrected chi connectivity index (χ2v) is 2.74. The summed E-state index contributed by atoms with van der Waals surface area (Å²) in [5.74, 6) is -0.832. The van der Waals surface area contributed by atoms with Crippen molar-refractivity contribution in [3.63, 3.8) is 0 Å². The summed E-state index contributed by atoms with van der Waals surface area (Å²) in [6.07, 6.45) is 3.43. The van der Waals surface area contributed by atoms with E-state index >= 15 is 0 Å². The van der Waals surface area contributed by atoms with Crippen LogP contribution in [0, 0.1) is 0 Å². The third kappa shape index (κ3) is 1.85. The highest BCUT2D eigenvalue weighted by molar-refractivity contribution is 5.85. The first-order chi connectivity index (χ1) is 6.27. The lowest BCUT2D eigenvalue weighted by molar-refractivity contribution is -0.136. The average Bonchev–Trinajstić information content (AvgIpc) is 2.51. The Morgan fingerprint density at radius 2 is 2.29 bits per heavy atom.